The van der Waals surface area contributed by atoms with Crippen LogP contribution in [-0.2, 0) is 4.79 Å². The molecule has 0 saturated heterocycles. The van der Waals surface area contributed by atoms with Crippen molar-refractivity contribution in [1.29, 1.82) is 0 Å². The number of pyridine rings is 1. The van der Waals surface area contributed by atoms with E-state index in [9.17, 15) is 4.79 Å². The van der Waals surface area contributed by atoms with Gasteiger partial charge in [-0.05, 0) is 31.0 Å². The van der Waals surface area contributed by atoms with Crippen molar-refractivity contribution in [3.05, 3.63) is 30.1 Å². The van der Waals surface area contributed by atoms with Crippen LogP contribution in [0.2, 0.25) is 0 Å². The normalized spacial score (nSPS) is 13.9. The highest BCUT2D eigenvalue weighted by molar-refractivity contribution is 8.00. The predicted octanol–water partition coefficient (Wildman–Crippen LogP) is 1.73. The fourth-order valence-corrected chi connectivity index (χ4v) is 2.87. The van der Waals surface area contributed by atoms with Crippen LogP contribution in [0, 0.1) is 0 Å². The van der Waals surface area contributed by atoms with E-state index in [0.29, 0.717) is 12.3 Å². The van der Waals surface area contributed by atoms with Crippen molar-refractivity contribution in [3.63, 3.8) is 0 Å². The number of hydrogen-bond acceptors (Lipinski definition) is 4. The van der Waals surface area contributed by atoms with Gasteiger partial charge in [0.1, 0.15) is 0 Å². The van der Waals surface area contributed by atoms with Gasteiger partial charge in [0, 0.05) is 30.2 Å². The Balaban J connectivity index is 2.65. The molecule has 0 aliphatic carbocycles. The van der Waals surface area contributed by atoms with Crippen LogP contribution in [0.1, 0.15) is 31.1 Å². The maximum absolute atomic E-state index is 11.5. The molecular weight excluding hydrogens is 246 g/mol. The first-order valence-corrected chi connectivity index (χ1v) is 7.27. The van der Waals surface area contributed by atoms with E-state index in [1.165, 1.54) is 0 Å². The van der Waals surface area contributed by atoms with Crippen molar-refractivity contribution in [2.24, 2.45) is 5.73 Å². The van der Waals surface area contributed by atoms with E-state index in [1.54, 1.807) is 24.2 Å². The smallest absolute Gasteiger partial charge is 0.230 e. The zero-order valence-electron chi connectivity index (χ0n) is 10.9. The standard InChI is InChI=1S/C13H21N3OS/c1-3-11(14)13(10-5-7-15-8-6-10)18-9-12(17)16-4-2/h5-8,11,13H,3-4,9,14H2,1-2H3,(H,16,17). The highest BCUT2D eigenvalue weighted by Crippen LogP contribution is 2.31. The second-order valence-corrected chi connectivity index (χ2v) is 5.17. The molecule has 2 atom stereocenters. The minimum atomic E-state index is 0.0480. The molecule has 1 rings (SSSR count). The fourth-order valence-electron chi connectivity index (χ4n) is 1.65. The summed E-state index contributed by atoms with van der Waals surface area (Å²) in [7, 11) is 0. The largest absolute Gasteiger partial charge is 0.356 e. The van der Waals surface area contributed by atoms with E-state index >= 15 is 0 Å². The quantitative estimate of drug-likeness (QED) is 0.789. The lowest BCUT2D eigenvalue weighted by Crippen LogP contribution is -2.29. The molecule has 1 aromatic heterocycles. The van der Waals surface area contributed by atoms with Gasteiger partial charge < -0.3 is 11.1 Å². The van der Waals surface area contributed by atoms with Gasteiger partial charge in [0.05, 0.1) is 5.75 Å². The molecule has 2 unspecified atom stereocenters. The summed E-state index contributed by atoms with van der Waals surface area (Å²) in [6.07, 6.45) is 4.41. The van der Waals surface area contributed by atoms with E-state index in [0.717, 1.165) is 12.0 Å². The van der Waals surface area contributed by atoms with Gasteiger partial charge in [-0.15, -0.1) is 11.8 Å². The predicted molar refractivity (Wildman–Crippen MR) is 76.4 cm³/mol. The third kappa shape index (κ3) is 4.66. The molecule has 0 aliphatic heterocycles. The summed E-state index contributed by atoms with van der Waals surface area (Å²) in [5.41, 5.74) is 7.27. The summed E-state index contributed by atoms with van der Waals surface area (Å²) in [5, 5.41) is 2.94. The molecule has 0 aromatic carbocycles. The van der Waals surface area contributed by atoms with Crippen molar-refractivity contribution in [1.82, 2.24) is 10.3 Å². The zero-order valence-corrected chi connectivity index (χ0v) is 11.7. The Morgan fingerprint density at radius 2 is 2.11 bits per heavy atom. The molecular formula is C13H21N3OS. The molecule has 0 saturated carbocycles. The van der Waals surface area contributed by atoms with Crippen LogP contribution in [0.4, 0.5) is 0 Å². The molecule has 1 heterocycles. The van der Waals surface area contributed by atoms with E-state index in [4.69, 9.17) is 5.73 Å². The molecule has 0 radical (unpaired) electrons. The number of nitrogens with one attached hydrogen (secondary N) is 1. The van der Waals surface area contributed by atoms with Gasteiger partial charge in [0.2, 0.25) is 5.91 Å². The second-order valence-electron chi connectivity index (χ2n) is 4.04. The third-order valence-electron chi connectivity index (χ3n) is 2.66. The Morgan fingerprint density at radius 3 is 2.67 bits per heavy atom. The molecule has 5 heteroatoms. The Morgan fingerprint density at radius 1 is 1.44 bits per heavy atom. The van der Waals surface area contributed by atoms with Gasteiger partial charge in [-0.25, -0.2) is 0 Å². The van der Waals surface area contributed by atoms with E-state index in [-0.39, 0.29) is 17.2 Å². The highest BCUT2D eigenvalue weighted by Gasteiger charge is 2.20. The SMILES string of the molecule is CCNC(=O)CSC(c1ccncc1)C(N)CC. The minimum Gasteiger partial charge on any atom is -0.356 e. The van der Waals surface area contributed by atoms with Crippen LogP contribution in [-0.4, -0.2) is 29.2 Å². The Labute approximate surface area is 113 Å². The number of carbonyl (C=O) groups is 1. The summed E-state index contributed by atoms with van der Waals surface area (Å²) in [6, 6.07) is 3.97. The average molecular weight is 267 g/mol. The van der Waals surface area contributed by atoms with Gasteiger partial charge in [-0.2, -0.15) is 0 Å². The summed E-state index contributed by atoms with van der Waals surface area (Å²) >= 11 is 1.59. The first-order valence-electron chi connectivity index (χ1n) is 6.22. The average Bonchev–Trinajstić information content (AvgIpc) is 2.40. The number of thioether (sulfide) groups is 1. The Kier molecular flexibility index (Phi) is 6.75. The van der Waals surface area contributed by atoms with Gasteiger partial charge >= 0.3 is 0 Å². The summed E-state index contributed by atoms with van der Waals surface area (Å²) < 4.78 is 0. The maximum atomic E-state index is 11.5. The van der Waals surface area contributed by atoms with Crippen molar-refractivity contribution >= 4 is 17.7 Å². The van der Waals surface area contributed by atoms with Crippen molar-refractivity contribution in [2.75, 3.05) is 12.3 Å². The van der Waals surface area contributed by atoms with Crippen LogP contribution < -0.4 is 11.1 Å². The topological polar surface area (TPSA) is 68.0 Å². The Bertz CT molecular complexity index is 359. The molecule has 0 bridgehead atoms. The molecule has 18 heavy (non-hydrogen) atoms. The molecule has 1 aromatic rings. The molecule has 0 spiro atoms. The summed E-state index contributed by atoms with van der Waals surface area (Å²) in [4.78, 5) is 15.5. The minimum absolute atomic E-state index is 0.0480. The van der Waals surface area contributed by atoms with E-state index in [2.05, 4.69) is 17.2 Å². The number of nitrogens with zero attached hydrogens (tertiary/aromatic N) is 1. The van der Waals surface area contributed by atoms with Crippen LogP contribution in [0.15, 0.2) is 24.5 Å². The lowest BCUT2D eigenvalue weighted by molar-refractivity contribution is -0.118. The molecule has 0 fully saturated rings. The van der Waals surface area contributed by atoms with Gasteiger partial charge in [-0.1, -0.05) is 6.92 Å². The van der Waals surface area contributed by atoms with Crippen molar-refractivity contribution < 1.29 is 4.79 Å². The number of carbonyl (C=O) groups excluding carboxylic acids is 1. The third-order valence-corrected chi connectivity index (χ3v) is 4.07. The number of amides is 1. The van der Waals surface area contributed by atoms with Gasteiger partial charge in [-0.3, -0.25) is 9.78 Å². The summed E-state index contributed by atoms with van der Waals surface area (Å²) in [5.74, 6) is 0.499. The number of hydrogen-bond donors (Lipinski definition) is 2. The lowest BCUT2D eigenvalue weighted by atomic mass is 10.1. The second kappa shape index (κ2) is 8.11. The molecule has 0 aliphatic rings. The fraction of sp³-hybridized carbons (Fsp3) is 0.538. The van der Waals surface area contributed by atoms with Crippen molar-refractivity contribution in [2.45, 2.75) is 31.6 Å². The van der Waals surface area contributed by atoms with Crippen LogP contribution in [0.5, 0.6) is 0 Å². The number of rotatable bonds is 7. The van der Waals surface area contributed by atoms with Crippen LogP contribution >= 0.6 is 11.8 Å². The van der Waals surface area contributed by atoms with Crippen LogP contribution in [0.25, 0.3) is 0 Å². The number of nitrogens with two attached hydrogens (primary N) is 1. The number of aromatic nitrogens is 1. The Hall–Kier alpha value is -1.07. The highest BCUT2D eigenvalue weighted by atomic mass is 32.2. The summed E-state index contributed by atoms with van der Waals surface area (Å²) in [6.45, 7) is 4.64. The van der Waals surface area contributed by atoms with Crippen molar-refractivity contribution in [3.8, 4) is 0 Å². The monoisotopic (exact) mass is 267 g/mol. The molecule has 3 N–H and O–H groups in total. The van der Waals surface area contributed by atoms with Gasteiger partial charge in [0.25, 0.3) is 0 Å². The zero-order chi connectivity index (χ0) is 13.4. The lowest BCUT2D eigenvalue weighted by Gasteiger charge is -2.22. The molecule has 1 amide bonds. The maximum Gasteiger partial charge on any atom is 0.230 e. The van der Waals surface area contributed by atoms with E-state index < -0.39 is 0 Å². The molecule has 4 nitrogen and oxygen atoms in total. The first-order chi connectivity index (χ1) is 8.69. The molecule has 100 valence electrons. The van der Waals surface area contributed by atoms with Gasteiger partial charge in [0.15, 0.2) is 0 Å². The van der Waals surface area contributed by atoms with Crippen LogP contribution in [0.3, 0.4) is 0 Å². The van der Waals surface area contributed by atoms with E-state index in [1.807, 2.05) is 19.1 Å². The first kappa shape index (κ1) is 15.0.